The molecule has 1 aromatic carbocycles. The van der Waals surface area contributed by atoms with Crippen LogP contribution in [0.1, 0.15) is 11.3 Å². The van der Waals surface area contributed by atoms with E-state index >= 15 is 0 Å². The standard InChI is InChI=1S/C14H15N3S/c1-10-6-3-4-7-12(10)16-14(18)17-13-8-5-9-15-11(13)2/h3-9H,1-2H3,(H2,16,17,18). The summed E-state index contributed by atoms with van der Waals surface area (Å²) in [5.41, 5.74) is 4.01. The van der Waals surface area contributed by atoms with Gasteiger partial charge in [-0.25, -0.2) is 0 Å². The zero-order valence-corrected chi connectivity index (χ0v) is 11.2. The van der Waals surface area contributed by atoms with Gasteiger partial charge < -0.3 is 10.6 Å². The largest absolute Gasteiger partial charge is 0.332 e. The fourth-order valence-electron chi connectivity index (χ4n) is 1.61. The van der Waals surface area contributed by atoms with Crippen LogP contribution >= 0.6 is 12.2 Å². The van der Waals surface area contributed by atoms with Gasteiger partial charge in [0.15, 0.2) is 5.11 Å². The number of thiocarbonyl (C=S) groups is 1. The van der Waals surface area contributed by atoms with E-state index in [1.54, 1.807) is 6.20 Å². The number of benzene rings is 1. The van der Waals surface area contributed by atoms with E-state index in [1.165, 1.54) is 0 Å². The van der Waals surface area contributed by atoms with Crippen molar-refractivity contribution in [2.45, 2.75) is 13.8 Å². The minimum atomic E-state index is 0.570. The number of hydrogen-bond donors (Lipinski definition) is 2. The highest BCUT2D eigenvalue weighted by molar-refractivity contribution is 7.80. The molecule has 0 spiro atoms. The average Bonchev–Trinajstić information content (AvgIpc) is 2.35. The van der Waals surface area contributed by atoms with Gasteiger partial charge in [0, 0.05) is 11.9 Å². The molecule has 3 nitrogen and oxygen atoms in total. The van der Waals surface area contributed by atoms with E-state index in [-0.39, 0.29) is 0 Å². The van der Waals surface area contributed by atoms with Gasteiger partial charge in [0.25, 0.3) is 0 Å². The summed E-state index contributed by atoms with van der Waals surface area (Å²) in [6.45, 7) is 3.99. The molecule has 1 aromatic heterocycles. The number of para-hydroxylation sites is 1. The highest BCUT2D eigenvalue weighted by Crippen LogP contribution is 2.15. The summed E-state index contributed by atoms with van der Waals surface area (Å²) in [5.74, 6) is 0. The maximum atomic E-state index is 5.29. The molecule has 4 heteroatoms. The third kappa shape index (κ3) is 3.05. The molecule has 0 saturated heterocycles. The Morgan fingerprint density at radius 2 is 1.67 bits per heavy atom. The smallest absolute Gasteiger partial charge is 0.175 e. The Balaban J connectivity index is 2.06. The number of nitrogens with one attached hydrogen (secondary N) is 2. The SMILES string of the molecule is Cc1ccccc1NC(=S)Nc1cccnc1C. The highest BCUT2D eigenvalue weighted by Gasteiger charge is 2.03. The third-order valence-electron chi connectivity index (χ3n) is 2.65. The second kappa shape index (κ2) is 5.60. The minimum Gasteiger partial charge on any atom is -0.332 e. The summed E-state index contributed by atoms with van der Waals surface area (Å²) in [6.07, 6.45) is 1.76. The van der Waals surface area contributed by atoms with Crippen molar-refractivity contribution < 1.29 is 0 Å². The summed E-state index contributed by atoms with van der Waals surface area (Å²) >= 11 is 5.29. The second-order valence-electron chi connectivity index (χ2n) is 4.03. The third-order valence-corrected chi connectivity index (χ3v) is 2.85. The first-order valence-electron chi connectivity index (χ1n) is 5.72. The predicted octanol–water partition coefficient (Wildman–Crippen LogP) is 3.51. The first-order chi connectivity index (χ1) is 8.66. The van der Waals surface area contributed by atoms with Gasteiger partial charge in [-0.2, -0.15) is 0 Å². The Morgan fingerprint density at radius 3 is 2.39 bits per heavy atom. The number of nitrogens with zero attached hydrogens (tertiary/aromatic N) is 1. The van der Waals surface area contributed by atoms with Crippen LogP contribution < -0.4 is 10.6 Å². The molecular weight excluding hydrogens is 242 g/mol. The molecule has 0 radical (unpaired) electrons. The lowest BCUT2D eigenvalue weighted by Gasteiger charge is -2.13. The van der Waals surface area contributed by atoms with E-state index in [4.69, 9.17) is 12.2 Å². The number of pyridine rings is 1. The van der Waals surface area contributed by atoms with Gasteiger partial charge >= 0.3 is 0 Å². The molecular formula is C14H15N3S. The van der Waals surface area contributed by atoms with Crippen molar-refractivity contribution in [3.63, 3.8) is 0 Å². The number of hydrogen-bond acceptors (Lipinski definition) is 2. The van der Waals surface area contributed by atoms with Crippen molar-refractivity contribution in [2.75, 3.05) is 10.6 Å². The fourth-order valence-corrected chi connectivity index (χ4v) is 1.83. The van der Waals surface area contributed by atoms with Crippen molar-refractivity contribution >= 4 is 28.7 Å². The first-order valence-corrected chi connectivity index (χ1v) is 6.13. The van der Waals surface area contributed by atoms with E-state index in [2.05, 4.69) is 15.6 Å². The number of rotatable bonds is 2. The maximum Gasteiger partial charge on any atom is 0.175 e. The summed E-state index contributed by atoms with van der Waals surface area (Å²) in [6, 6.07) is 11.9. The van der Waals surface area contributed by atoms with Crippen LogP contribution in [0.5, 0.6) is 0 Å². The monoisotopic (exact) mass is 257 g/mol. The molecule has 0 bridgehead atoms. The normalized spacial score (nSPS) is 9.89. The molecule has 0 atom stereocenters. The molecule has 0 aliphatic heterocycles. The predicted molar refractivity (Wildman–Crippen MR) is 80.0 cm³/mol. The van der Waals surface area contributed by atoms with Crippen molar-refractivity contribution in [3.05, 3.63) is 53.9 Å². The average molecular weight is 257 g/mol. The molecule has 0 unspecified atom stereocenters. The second-order valence-corrected chi connectivity index (χ2v) is 4.44. The molecule has 2 aromatic rings. The van der Waals surface area contributed by atoms with Gasteiger partial charge in [0.2, 0.25) is 0 Å². The van der Waals surface area contributed by atoms with Crippen LogP contribution in [0.2, 0.25) is 0 Å². The van der Waals surface area contributed by atoms with Crippen LogP contribution in [-0.2, 0) is 0 Å². The van der Waals surface area contributed by atoms with Gasteiger partial charge in [-0.1, -0.05) is 18.2 Å². The van der Waals surface area contributed by atoms with Crippen LogP contribution in [0.3, 0.4) is 0 Å². The molecule has 0 aliphatic rings. The summed E-state index contributed by atoms with van der Waals surface area (Å²) in [4.78, 5) is 4.21. The summed E-state index contributed by atoms with van der Waals surface area (Å²) in [7, 11) is 0. The van der Waals surface area contributed by atoms with Gasteiger partial charge in [-0.05, 0) is 49.8 Å². The van der Waals surface area contributed by atoms with Crippen molar-refractivity contribution in [1.82, 2.24) is 4.98 Å². The Hall–Kier alpha value is -1.94. The highest BCUT2D eigenvalue weighted by atomic mass is 32.1. The Morgan fingerprint density at radius 1 is 1.00 bits per heavy atom. The Bertz CT molecular complexity index is 517. The summed E-state index contributed by atoms with van der Waals surface area (Å²) < 4.78 is 0. The van der Waals surface area contributed by atoms with Gasteiger partial charge in [0.05, 0.1) is 11.4 Å². The molecule has 2 rings (SSSR count). The van der Waals surface area contributed by atoms with E-state index in [0.29, 0.717) is 5.11 Å². The molecule has 0 fully saturated rings. The van der Waals surface area contributed by atoms with E-state index < -0.39 is 0 Å². The zero-order valence-electron chi connectivity index (χ0n) is 10.4. The summed E-state index contributed by atoms with van der Waals surface area (Å²) in [5, 5.41) is 6.89. The van der Waals surface area contributed by atoms with Crippen LogP contribution in [0.25, 0.3) is 0 Å². The first kappa shape index (κ1) is 12.5. The minimum absolute atomic E-state index is 0.570. The van der Waals surface area contributed by atoms with Crippen LogP contribution in [0.4, 0.5) is 11.4 Å². The maximum absolute atomic E-state index is 5.29. The lowest BCUT2D eigenvalue weighted by atomic mass is 10.2. The van der Waals surface area contributed by atoms with E-state index in [1.807, 2.05) is 50.2 Å². The van der Waals surface area contributed by atoms with Gasteiger partial charge in [-0.3, -0.25) is 4.98 Å². The van der Waals surface area contributed by atoms with Crippen molar-refractivity contribution in [2.24, 2.45) is 0 Å². The van der Waals surface area contributed by atoms with Crippen LogP contribution in [0.15, 0.2) is 42.6 Å². The zero-order chi connectivity index (χ0) is 13.0. The van der Waals surface area contributed by atoms with Gasteiger partial charge in [-0.15, -0.1) is 0 Å². The van der Waals surface area contributed by atoms with Crippen LogP contribution in [0, 0.1) is 13.8 Å². The molecule has 0 aliphatic carbocycles. The number of anilines is 2. The number of aryl methyl sites for hydroxylation is 2. The topological polar surface area (TPSA) is 37.0 Å². The quantitative estimate of drug-likeness (QED) is 0.807. The lowest BCUT2D eigenvalue weighted by molar-refractivity contribution is 1.20. The molecule has 0 saturated carbocycles. The fraction of sp³-hybridized carbons (Fsp3) is 0.143. The molecule has 92 valence electrons. The molecule has 1 heterocycles. The van der Waals surface area contributed by atoms with Crippen LogP contribution in [-0.4, -0.2) is 10.1 Å². The Kier molecular flexibility index (Phi) is 3.89. The number of aromatic nitrogens is 1. The molecule has 18 heavy (non-hydrogen) atoms. The van der Waals surface area contributed by atoms with E-state index in [9.17, 15) is 0 Å². The Labute approximate surface area is 112 Å². The van der Waals surface area contributed by atoms with Crippen molar-refractivity contribution in [1.29, 1.82) is 0 Å². The van der Waals surface area contributed by atoms with Crippen molar-refractivity contribution in [3.8, 4) is 0 Å². The molecule has 2 N–H and O–H groups in total. The van der Waals surface area contributed by atoms with Gasteiger partial charge in [0.1, 0.15) is 0 Å². The molecule has 0 amide bonds. The van der Waals surface area contributed by atoms with E-state index in [0.717, 1.165) is 22.6 Å². The lowest BCUT2D eigenvalue weighted by Crippen LogP contribution is -2.20.